The predicted octanol–water partition coefficient (Wildman–Crippen LogP) is 3.50. The molecule has 1 amide bonds. The molecule has 4 heteroatoms. The van der Waals surface area contributed by atoms with Crippen LogP contribution in [0.1, 0.15) is 12.0 Å². The first kappa shape index (κ1) is 15.9. The van der Waals surface area contributed by atoms with E-state index in [0.717, 1.165) is 17.1 Å². The first-order valence-electron chi connectivity index (χ1n) is 7.42. The average Bonchev–Trinajstić information content (AvgIpc) is 2.48. The summed E-state index contributed by atoms with van der Waals surface area (Å²) in [6.07, 6.45) is 0.434. The summed E-state index contributed by atoms with van der Waals surface area (Å²) in [6, 6.07) is 15.9. The van der Waals surface area contributed by atoms with E-state index in [9.17, 15) is 4.79 Å². The largest absolute Gasteiger partial charge is 0.385 e. The van der Waals surface area contributed by atoms with E-state index in [0.29, 0.717) is 13.0 Å². The highest BCUT2D eigenvalue weighted by atomic mass is 16.1. The second-order valence-corrected chi connectivity index (χ2v) is 5.54. The van der Waals surface area contributed by atoms with E-state index in [-0.39, 0.29) is 5.91 Å². The second-order valence-electron chi connectivity index (χ2n) is 5.54. The molecular weight excluding hydrogens is 274 g/mol. The first-order valence-corrected chi connectivity index (χ1v) is 7.42. The molecule has 0 aliphatic rings. The van der Waals surface area contributed by atoms with Crippen LogP contribution in [0.15, 0.2) is 48.5 Å². The summed E-state index contributed by atoms with van der Waals surface area (Å²) in [5.74, 6) is 0.0118. The Kier molecular flexibility index (Phi) is 5.42. The maximum atomic E-state index is 11.9. The van der Waals surface area contributed by atoms with Crippen molar-refractivity contribution in [2.75, 3.05) is 36.2 Å². The van der Waals surface area contributed by atoms with Gasteiger partial charge >= 0.3 is 0 Å². The number of nitrogens with one attached hydrogen (secondary N) is 2. The van der Waals surface area contributed by atoms with Gasteiger partial charge in [0.05, 0.1) is 0 Å². The zero-order chi connectivity index (χ0) is 15.9. The molecule has 0 aromatic heterocycles. The summed E-state index contributed by atoms with van der Waals surface area (Å²) in [4.78, 5) is 14.0. The van der Waals surface area contributed by atoms with Crippen molar-refractivity contribution >= 4 is 23.0 Å². The predicted molar refractivity (Wildman–Crippen MR) is 93.7 cm³/mol. The monoisotopic (exact) mass is 297 g/mol. The highest BCUT2D eigenvalue weighted by molar-refractivity contribution is 5.91. The molecule has 22 heavy (non-hydrogen) atoms. The first-order chi connectivity index (χ1) is 10.5. The highest BCUT2D eigenvalue weighted by Crippen LogP contribution is 2.16. The number of amides is 1. The lowest BCUT2D eigenvalue weighted by atomic mass is 10.2. The van der Waals surface area contributed by atoms with Gasteiger partial charge in [-0.25, -0.2) is 0 Å². The summed E-state index contributed by atoms with van der Waals surface area (Å²) in [5.41, 5.74) is 4.18. The van der Waals surface area contributed by atoms with E-state index in [1.807, 2.05) is 55.4 Å². The van der Waals surface area contributed by atoms with Gasteiger partial charge in [0.1, 0.15) is 0 Å². The van der Waals surface area contributed by atoms with Crippen molar-refractivity contribution in [3.8, 4) is 0 Å². The molecule has 0 radical (unpaired) electrons. The van der Waals surface area contributed by atoms with E-state index in [4.69, 9.17) is 0 Å². The number of carbonyl (C=O) groups excluding carboxylic acids is 1. The minimum absolute atomic E-state index is 0.0118. The van der Waals surface area contributed by atoms with E-state index in [1.54, 1.807) is 0 Å². The third-order valence-corrected chi connectivity index (χ3v) is 3.37. The van der Waals surface area contributed by atoms with Crippen LogP contribution in [-0.4, -0.2) is 26.5 Å². The molecule has 2 aromatic carbocycles. The number of hydrogen-bond acceptors (Lipinski definition) is 3. The van der Waals surface area contributed by atoms with Crippen molar-refractivity contribution in [1.29, 1.82) is 0 Å². The molecule has 0 spiro atoms. The van der Waals surface area contributed by atoms with Gasteiger partial charge in [-0.3, -0.25) is 4.79 Å². The number of anilines is 3. The molecule has 0 saturated carbocycles. The van der Waals surface area contributed by atoms with E-state index >= 15 is 0 Å². The molecule has 0 fully saturated rings. The lowest BCUT2D eigenvalue weighted by Crippen LogP contribution is -2.16. The van der Waals surface area contributed by atoms with Gasteiger partial charge in [-0.1, -0.05) is 12.1 Å². The average molecular weight is 297 g/mol. The van der Waals surface area contributed by atoms with Gasteiger partial charge in [0.25, 0.3) is 0 Å². The van der Waals surface area contributed by atoms with Gasteiger partial charge in [0.15, 0.2) is 0 Å². The Bertz CT molecular complexity index is 620. The Balaban J connectivity index is 1.78. The summed E-state index contributed by atoms with van der Waals surface area (Å²) < 4.78 is 0. The maximum Gasteiger partial charge on any atom is 0.226 e. The lowest BCUT2D eigenvalue weighted by molar-refractivity contribution is -0.115. The molecule has 0 aliphatic carbocycles. The molecule has 2 N–H and O–H groups in total. The van der Waals surface area contributed by atoms with Crippen molar-refractivity contribution in [3.63, 3.8) is 0 Å². The zero-order valence-corrected chi connectivity index (χ0v) is 13.4. The molecular formula is C18H23N3O. The number of rotatable bonds is 6. The molecule has 0 unspecified atom stereocenters. The Morgan fingerprint density at radius 1 is 1.05 bits per heavy atom. The quantitative estimate of drug-likeness (QED) is 0.857. The number of nitrogens with zero attached hydrogens (tertiary/aromatic N) is 1. The molecule has 0 atom stereocenters. The van der Waals surface area contributed by atoms with Gasteiger partial charge < -0.3 is 15.5 Å². The van der Waals surface area contributed by atoms with Crippen molar-refractivity contribution in [2.24, 2.45) is 0 Å². The normalized spacial score (nSPS) is 10.1. The van der Waals surface area contributed by atoms with Crippen molar-refractivity contribution in [1.82, 2.24) is 0 Å². The number of hydrogen-bond donors (Lipinski definition) is 2. The van der Waals surface area contributed by atoms with Crippen LogP contribution >= 0.6 is 0 Å². The SMILES string of the molecule is Cc1cccc(NCCC(=O)Nc2ccc(N(C)C)cc2)c1. The Morgan fingerprint density at radius 2 is 1.77 bits per heavy atom. The van der Waals surface area contributed by atoms with Crippen LogP contribution in [0.5, 0.6) is 0 Å². The molecule has 2 aromatic rings. The van der Waals surface area contributed by atoms with Crippen LogP contribution in [0.3, 0.4) is 0 Å². The van der Waals surface area contributed by atoms with Crippen LogP contribution in [0.2, 0.25) is 0 Å². The lowest BCUT2D eigenvalue weighted by Gasteiger charge is -2.13. The molecule has 4 nitrogen and oxygen atoms in total. The molecule has 0 aliphatic heterocycles. The van der Waals surface area contributed by atoms with Gasteiger partial charge in [-0.05, 0) is 48.9 Å². The summed E-state index contributed by atoms with van der Waals surface area (Å²) in [7, 11) is 3.98. The van der Waals surface area contributed by atoms with E-state index in [1.165, 1.54) is 5.56 Å². The van der Waals surface area contributed by atoms with Crippen molar-refractivity contribution < 1.29 is 4.79 Å². The van der Waals surface area contributed by atoms with Crippen LogP contribution in [0.4, 0.5) is 17.1 Å². The van der Waals surface area contributed by atoms with Crippen LogP contribution < -0.4 is 15.5 Å². The number of benzene rings is 2. The van der Waals surface area contributed by atoms with Crippen molar-refractivity contribution in [3.05, 3.63) is 54.1 Å². The third-order valence-electron chi connectivity index (χ3n) is 3.37. The standard InChI is InChI=1S/C18H23N3O/c1-14-5-4-6-16(13-14)19-12-11-18(22)20-15-7-9-17(10-8-15)21(2)3/h4-10,13,19H,11-12H2,1-3H3,(H,20,22). The van der Waals surface area contributed by atoms with E-state index < -0.39 is 0 Å². The smallest absolute Gasteiger partial charge is 0.226 e. The van der Waals surface area contributed by atoms with Crippen LogP contribution in [0, 0.1) is 6.92 Å². The van der Waals surface area contributed by atoms with Crippen LogP contribution in [0.25, 0.3) is 0 Å². The summed E-state index contributed by atoms with van der Waals surface area (Å²) in [6.45, 7) is 2.67. The number of carbonyl (C=O) groups is 1. The minimum atomic E-state index is 0.0118. The molecule has 116 valence electrons. The Labute approximate surface area is 132 Å². The highest BCUT2D eigenvalue weighted by Gasteiger charge is 2.03. The fraction of sp³-hybridized carbons (Fsp3) is 0.278. The maximum absolute atomic E-state index is 11.9. The molecule has 0 saturated heterocycles. The second kappa shape index (κ2) is 7.50. The fourth-order valence-corrected chi connectivity index (χ4v) is 2.14. The minimum Gasteiger partial charge on any atom is -0.385 e. The van der Waals surface area contributed by atoms with Crippen molar-refractivity contribution in [2.45, 2.75) is 13.3 Å². The van der Waals surface area contributed by atoms with E-state index in [2.05, 4.69) is 29.7 Å². The third kappa shape index (κ3) is 4.81. The molecule has 0 heterocycles. The zero-order valence-electron chi connectivity index (χ0n) is 13.4. The summed E-state index contributed by atoms with van der Waals surface area (Å²) >= 11 is 0. The van der Waals surface area contributed by atoms with Gasteiger partial charge in [0.2, 0.25) is 5.91 Å². The topological polar surface area (TPSA) is 44.4 Å². The van der Waals surface area contributed by atoms with Gasteiger partial charge in [-0.15, -0.1) is 0 Å². The Hall–Kier alpha value is -2.49. The fourth-order valence-electron chi connectivity index (χ4n) is 2.14. The molecule has 2 rings (SSSR count). The van der Waals surface area contributed by atoms with Crippen LogP contribution in [-0.2, 0) is 4.79 Å². The molecule has 0 bridgehead atoms. The Morgan fingerprint density at radius 3 is 2.41 bits per heavy atom. The number of aryl methyl sites for hydroxylation is 1. The van der Waals surface area contributed by atoms with Gasteiger partial charge in [0, 0.05) is 44.1 Å². The summed E-state index contributed by atoms with van der Waals surface area (Å²) in [5, 5.41) is 6.17. The van der Waals surface area contributed by atoms with Gasteiger partial charge in [-0.2, -0.15) is 0 Å².